The van der Waals surface area contributed by atoms with Crippen molar-refractivity contribution < 1.29 is 22.0 Å². The van der Waals surface area contributed by atoms with Crippen LogP contribution in [-0.4, -0.2) is 18.0 Å². The molecule has 0 fully saturated rings. The van der Waals surface area contributed by atoms with Gasteiger partial charge in [0.25, 0.3) is 0 Å². The molecule has 0 aliphatic rings. The third-order valence-electron chi connectivity index (χ3n) is 2.56. The minimum Gasteiger partial charge on any atom is -0.291 e. The summed E-state index contributed by atoms with van der Waals surface area (Å²) in [6, 6.07) is 0. The fraction of sp³-hybridized carbons (Fsp3) is 0.286. The number of hydrogen-bond donors (Lipinski definition) is 0. The highest BCUT2D eigenvalue weighted by Crippen LogP contribution is 2.24. The van der Waals surface area contributed by atoms with E-state index in [0.29, 0.717) is 5.57 Å². The van der Waals surface area contributed by atoms with E-state index in [4.69, 9.17) is 0 Å². The molecule has 0 heterocycles. The molecule has 1 aromatic rings. The van der Waals surface area contributed by atoms with Crippen LogP contribution in [0, 0.1) is 29.1 Å². The Morgan fingerprint density at radius 2 is 1.45 bits per heavy atom. The van der Waals surface area contributed by atoms with Gasteiger partial charge >= 0.3 is 0 Å². The minimum atomic E-state index is -2.15. The normalized spacial score (nSPS) is 10.9. The summed E-state index contributed by atoms with van der Waals surface area (Å²) >= 11 is 0. The van der Waals surface area contributed by atoms with Crippen molar-refractivity contribution in [3.63, 3.8) is 0 Å². The van der Waals surface area contributed by atoms with E-state index in [1.54, 1.807) is 6.92 Å². The lowest BCUT2D eigenvalue weighted by Gasteiger charge is -2.21. The molecule has 1 aromatic carbocycles. The fourth-order valence-corrected chi connectivity index (χ4v) is 1.76. The summed E-state index contributed by atoms with van der Waals surface area (Å²) in [5, 5.41) is 0. The van der Waals surface area contributed by atoms with Gasteiger partial charge in [0.2, 0.25) is 5.82 Å². The second kappa shape index (κ2) is 6.65. The first-order valence-corrected chi connectivity index (χ1v) is 5.77. The van der Waals surface area contributed by atoms with E-state index in [1.807, 2.05) is 0 Å². The Kier molecular flexibility index (Phi) is 5.44. The molecule has 0 atom stereocenters. The van der Waals surface area contributed by atoms with Crippen molar-refractivity contribution in [1.29, 1.82) is 0 Å². The van der Waals surface area contributed by atoms with Gasteiger partial charge in [0.15, 0.2) is 23.3 Å². The smallest absolute Gasteiger partial charge is 0.200 e. The van der Waals surface area contributed by atoms with Crippen molar-refractivity contribution in [1.82, 2.24) is 4.90 Å². The number of nitrogens with zero attached hydrogens (tertiary/aromatic N) is 1. The van der Waals surface area contributed by atoms with Crippen LogP contribution in [0.2, 0.25) is 0 Å². The van der Waals surface area contributed by atoms with Crippen LogP contribution < -0.4 is 0 Å². The van der Waals surface area contributed by atoms with Crippen LogP contribution in [0.4, 0.5) is 22.0 Å². The van der Waals surface area contributed by atoms with Crippen molar-refractivity contribution in [3.05, 3.63) is 59.5 Å². The third kappa shape index (κ3) is 3.45. The molecule has 1 nitrogen and oxygen atoms in total. The van der Waals surface area contributed by atoms with Crippen molar-refractivity contribution in [2.24, 2.45) is 0 Å². The summed E-state index contributed by atoms with van der Waals surface area (Å²) in [5.41, 5.74) is -0.166. The zero-order valence-electron chi connectivity index (χ0n) is 10.9. The molecule has 0 saturated carbocycles. The fourth-order valence-electron chi connectivity index (χ4n) is 1.76. The molecule has 0 aliphatic carbocycles. The maximum Gasteiger partial charge on any atom is 0.200 e. The number of halogens is 5. The first-order chi connectivity index (χ1) is 9.29. The van der Waals surface area contributed by atoms with Gasteiger partial charge in [-0.25, -0.2) is 22.0 Å². The largest absolute Gasteiger partial charge is 0.291 e. The highest BCUT2D eigenvalue weighted by atomic mass is 19.2. The monoisotopic (exact) mass is 291 g/mol. The molecular formula is C14H14F5N. The molecule has 0 aromatic heterocycles. The predicted molar refractivity (Wildman–Crippen MR) is 66.5 cm³/mol. The first kappa shape index (κ1) is 16.4. The van der Waals surface area contributed by atoms with Gasteiger partial charge < -0.3 is 0 Å². The summed E-state index contributed by atoms with van der Waals surface area (Å²) < 4.78 is 66.2. The van der Waals surface area contributed by atoms with Gasteiger partial charge in [0.1, 0.15) is 0 Å². The predicted octanol–water partition coefficient (Wildman–Crippen LogP) is 3.95. The summed E-state index contributed by atoms with van der Waals surface area (Å²) in [5.74, 6) is -9.64. The second-order valence-corrected chi connectivity index (χ2v) is 4.46. The van der Waals surface area contributed by atoms with E-state index in [9.17, 15) is 22.0 Å². The van der Waals surface area contributed by atoms with Crippen molar-refractivity contribution in [2.75, 3.05) is 13.1 Å². The van der Waals surface area contributed by atoms with Crippen LogP contribution in [-0.2, 0) is 6.54 Å². The Hall–Kier alpha value is -1.69. The molecule has 0 amide bonds. The number of hydrogen-bond acceptors (Lipinski definition) is 1. The average molecular weight is 291 g/mol. The number of benzene rings is 1. The molecule has 20 heavy (non-hydrogen) atoms. The zero-order chi connectivity index (χ0) is 15.4. The molecule has 110 valence electrons. The Morgan fingerprint density at radius 3 is 1.85 bits per heavy atom. The minimum absolute atomic E-state index is 0.229. The highest BCUT2D eigenvalue weighted by molar-refractivity contribution is 5.24. The van der Waals surface area contributed by atoms with E-state index in [0.717, 1.165) is 0 Å². The van der Waals surface area contributed by atoms with Crippen LogP contribution in [0.3, 0.4) is 0 Å². The molecule has 0 radical (unpaired) electrons. The highest BCUT2D eigenvalue weighted by Gasteiger charge is 2.26. The van der Waals surface area contributed by atoms with Gasteiger partial charge in [-0.3, -0.25) is 4.90 Å². The maximum absolute atomic E-state index is 13.5. The van der Waals surface area contributed by atoms with E-state index in [-0.39, 0.29) is 13.1 Å². The molecule has 0 N–H and O–H groups in total. The lowest BCUT2D eigenvalue weighted by molar-refractivity contribution is 0.294. The Labute approximate surface area is 114 Å². The molecule has 0 spiro atoms. The zero-order valence-corrected chi connectivity index (χ0v) is 10.9. The molecule has 0 aliphatic heterocycles. The molecule has 1 rings (SSSR count). The van der Waals surface area contributed by atoms with Gasteiger partial charge in [0, 0.05) is 25.2 Å². The molecule has 0 unspecified atom stereocenters. The van der Waals surface area contributed by atoms with Crippen LogP contribution in [0.1, 0.15) is 12.5 Å². The van der Waals surface area contributed by atoms with Crippen molar-refractivity contribution >= 4 is 0 Å². The number of rotatable bonds is 6. The second-order valence-electron chi connectivity index (χ2n) is 4.46. The van der Waals surface area contributed by atoms with Crippen LogP contribution in [0.25, 0.3) is 0 Å². The first-order valence-electron chi connectivity index (χ1n) is 5.77. The van der Waals surface area contributed by atoms with Gasteiger partial charge in [-0.1, -0.05) is 18.2 Å². The SMILES string of the molecule is C=CCN(CC(=C)C)Cc1c(F)c(F)c(F)c(F)c1F. The maximum atomic E-state index is 13.5. The molecule has 6 heteroatoms. The summed E-state index contributed by atoms with van der Waals surface area (Å²) in [6.45, 7) is 8.86. The van der Waals surface area contributed by atoms with Gasteiger partial charge in [-0.05, 0) is 6.92 Å². The van der Waals surface area contributed by atoms with E-state index < -0.39 is 41.2 Å². The Balaban J connectivity index is 3.18. The topological polar surface area (TPSA) is 3.24 Å². The van der Waals surface area contributed by atoms with E-state index >= 15 is 0 Å². The summed E-state index contributed by atoms with van der Waals surface area (Å²) in [7, 11) is 0. The van der Waals surface area contributed by atoms with Gasteiger partial charge in [-0.2, -0.15) is 0 Å². The lowest BCUT2D eigenvalue weighted by atomic mass is 10.1. The van der Waals surface area contributed by atoms with Crippen LogP contribution in [0.15, 0.2) is 24.8 Å². The summed E-state index contributed by atoms with van der Waals surface area (Å²) in [4.78, 5) is 1.47. The van der Waals surface area contributed by atoms with E-state index in [1.165, 1.54) is 11.0 Å². The standard InChI is InChI=1S/C14H14F5N/c1-4-5-20(6-8(2)3)7-9-10(15)12(17)14(19)13(18)11(9)16/h4H,1-2,5-7H2,3H3. The Morgan fingerprint density at radius 1 is 1.00 bits per heavy atom. The third-order valence-corrected chi connectivity index (χ3v) is 2.56. The van der Waals surface area contributed by atoms with Gasteiger partial charge in [0.05, 0.1) is 0 Å². The lowest BCUT2D eigenvalue weighted by Crippen LogP contribution is -2.27. The molecule has 0 bridgehead atoms. The summed E-state index contributed by atoms with van der Waals surface area (Å²) in [6.07, 6.45) is 1.47. The molecule has 0 saturated heterocycles. The quantitative estimate of drug-likeness (QED) is 0.332. The average Bonchev–Trinajstić information content (AvgIpc) is 2.38. The van der Waals surface area contributed by atoms with Crippen LogP contribution in [0.5, 0.6) is 0 Å². The molecular weight excluding hydrogens is 277 g/mol. The van der Waals surface area contributed by atoms with E-state index in [2.05, 4.69) is 13.2 Å². The van der Waals surface area contributed by atoms with Gasteiger partial charge in [-0.15, -0.1) is 6.58 Å². The van der Waals surface area contributed by atoms with Crippen molar-refractivity contribution in [2.45, 2.75) is 13.5 Å². The van der Waals surface area contributed by atoms with Crippen LogP contribution >= 0.6 is 0 Å². The Bertz CT molecular complexity index is 510. The van der Waals surface area contributed by atoms with Crippen molar-refractivity contribution in [3.8, 4) is 0 Å².